The van der Waals surface area contributed by atoms with Gasteiger partial charge in [0.15, 0.2) is 5.78 Å². The summed E-state index contributed by atoms with van der Waals surface area (Å²) in [6.45, 7) is 1.01. The fraction of sp³-hybridized carbons (Fsp3) is 0.429. The van der Waals surface area contributed by atoms with Gasteiger partial charge in [-0.1, -0.05) is 42.8 Å². The Kier molecular flexibility index (Phi) is 4.44. The molecule has 2 saturated heterocycles. The van der Waals surface area contributed by atoms with E-state index in [2.05, 4.69) is 40.2 Å². The number of aromatic nitrogens is 1. The number of fused-ring (bicyclic) bond motifs is 2. The molecule has 0 radical (unpaired) electrons. The molecule has 2 aliphatic heterocycles. The van der Waals surface area contributed by atoms with E-state index in [1.54, 1.807) is 6.20 Å². The number of benzene rings is 1. The van der Waals surface area contributed by atoms with Gasteiger partial charge in [0.2, 0.25) is 0 Å². The number of hydrogen-bond acceptors (Lipinski definition) is 3. The minimum Gasteiger partial charge on any atom is -0.293 e. The number of pyridine rings is 1. The van der Waals surface area contributed by atoms with Crippen LogP contribution in [0.25, 0.3) is 0 Å². The van der Waals surface area contributed by atoms with Crippen LogP contribution in [0.15, 0.2) is 54.7 Å². The molecule has 3 heteroatoms. The van der Waals surface area contributed by atoms with Crippen LogP contribution in [0.5, 0.6) is 0 Å². The summed E-state index contributed by atoms with van der Waals surface area (Å²) in [5.74, 6) is 0.383. The first-order valence-electron chi connectivity index (χ1n) is 9.06. The van der Waals surface area contributed by atoms with Gasteiger partial charge in [-0.15, -0.1) is 0 Å². The normalized spacial score (nSPS) is 26.9. The number of nitrogens with zero attached hydrogens (tertiary/aromatic N) is 2. The summed E-state index contributed by atoms with van der Waals surface area (Å²) >= 11 is 0. The number of rotatable bonds is 4. The Morgan fingerprint density at radius 2 is 1.71 bits per heavy atom. The second kappa shape index (κ2) is 6.86. The minimum absolute atomic E-state index is 0.141. The standard InChI is InChI=1S/C21H24N2O/c24-21(20-11-4-5-12-22-20)17-13-18-9-6-10-19(14-17)23(18)15-16-7-2-1-3-8-16/h1-5,7-8,11-12,17-19H,6,9-10,13-15H2. The maximum atomic E-state index is 12.8. The van der Waals surface area contributed by atoms with Crippen molar-refractivity contribution < 1.29 is 4.79 Å². The number of ketones is 1. The summed E-state index contributed by atoms with van der Waals surface area (Å²) in [5, 5.41) is 0. The number of Topliss-reactive ketones (excluding diaryl/α,β-unsaturated/α-hetero) is 1. The highest BCUT2D eigenvalue weighted by atomic mass is 16.1. The number of hydrogen-bond donors (Lipinski definition) is 0. The van der Waals surface area contributed by atoms with Gasteiger partial charge in [0.05, 0.1) is 0 Å². The van der Waals surface area contributed by atoms with Gasteiger partial charge in [-0.3, -0.25) is 14.7 Å². The summed E-state index contributed by atoms with van der Waals surface area (Å²) in [5.41, 5.74) is 2.01. The second-order valence-corrected chi connectivity index (χ2v) is 7.14. The van der Waals surface area contributed by atoms with Crippen LogP contribution in [-0.4, -0.2) is 27.8 Å². The molecule has 0 saturated carbocycles. The van der Waals surface area contributed by atoms with Crippen molar-refractivity contribution in [3.05, 3.63) is 66.0 Å². The summed E-state index contributed by atoms with van der Waals surface area (Å²) < 4.78 is 0. The largest absolute Gasteiger partial charge is 0.293 e. The molecule has 0 spiro atoms. The van der Waals surface area contributed by atoms with Crippen LogP contribution in [0.1, 0.15) is 48.2 Å². The monoisotopic (exact) mass is 320 g/mol. The lowest BCUT2D eigenvalue weighted by Crippen LogP contribution is -2.52. The lowest BCUT2D eigenvalue weighted by atomic mass is 9.76. The van der Waals surface area contributed by atoms with Gasteiger partial charge >= 0.3 is 0 Å². The van der Waals surface area contributed by atoms with Gasteiger partial charge in [-0.05, 0) is 43.4 Å². The molecule has 3 nitrogen and oxygen atoms in total. The van der Waals surface area contributed by atoms with Crippen molar-refractivity contribution in [2.24, 2.45) is 5.92 Å². The van der Waals surface area contributed by atoms with Gasteiger partial charge in [0, 0.05) is 30.7 Å². The van der Waals surface area contributed by atoms with Crippen LogP contribution >= 0.6 is 0 Å². The minimum atomic E-state index is 0.141. The van der Waals surface area contributed by atoms with Crippen LogP contribution in [-0.2, 0) is 6.54 Å². The topological polar surface area (TPSA) is 33.2 Å². The first-order chi connectivity index (χ1) is 11.8. The molecule has 2 unspecified atom stereocenters. The molecule has 2 aliphatic rings. The Balaban J connectivity index is 1.49. The predicted octanol–water partition coefficient (Wildman–Crippen LogP) is 4.10. The van der Waals surface area contributed by atoms with Crippen LogP contribution < -0.4 is 0 Å². The van der Waals surface area contributed by atoms with E-state index in [1.807, 2.05) is 18.2 Å². The quantitative estimate of drug-likeness (QED) is 0.795. The lowest BCUT2D eigenvalue weighted by molar-refractivity contribution is 0.00892. The number of carbonyl (C=O) groups is 1. The average molecular weight is 320 g/mol. The van der Waals surface area contributed by atoms with E-state index in [0.29, 0.717) is 17.8 Å². The lowest BCUT2D eigenvalue weighted by Gasteiger charge is -2.48. The van der Waals surface area contributed by atoms with Crippen molar-refractivity contribution >= 4 is 5.78 Å². The van der Waals surface area contributed by atoms with Crippen molar-refractivity contribution in [3.63, 3.8) is 0 Å². The van der Waals surface area contributed by atoms with E-state index in [4.69, 9.17) is 0 Å². The number of carbonyl (C=O) groups excluding carboxylic acids is 1. The third-order valence-corrected chi connectivity index (χ3v) is 5.62. The van der Waals surface area contributed by atoms with Crippen molar-refractivity contribution in [2.45, 2.75) is 50.7 Å². The van der Waals surface area contributed by atoms with Gasteiger partial charge in [-0.25, -0.2) is 0 Å². The van der Waals surface area contributed by atoms with E-state index in [9.17, 15) is 4.79 Å². The Hall–Kier alpha value is -2.00. The molecule has 0 amide bonds. The van der Waals surface area contributed by atoms with Crippen LogP contribution in [0.2, 0.25) is 0 Å². The van der Waals surface area contributed by atoms with Crippen molar-refractivity contribution in [1.82, 2.24) is 9.88 Å². The van der Waals surface area contributed by atoms with Gasteiger partial charge in [0.25, 0.3) is 0 Å². The molecule has 1 aromatic heterocycles. The molecule has 124 valence electrons. The molecule has 4 rings (SSSR count). The molecular formula is C21H24N2O. The summed E-state index contributed by atoms with van der Waals surface area (Å²) in [7, 11) is 0. The SMILES string of the molecule is O=C(c1ccccn1)C1CC2CCCC(C1)N2Cc1ccccc1. The fourth-order valence-corrected chi connectivity index (χ4v) is 4.46. The van der Waals surface area contributed by atoms with Crippen molar-refractivity contribution in [3.8, 4) is 0 Å². The van der Waals surface area contributed by atoms with E-state index in [-0.39, 0.29) is 11.7 Å². The van der Waals surface area contributed by atoms with E-state index < -0.39 is 0 Å². The van der Waals surface area contributed by atoms with E-state index >= 15 is 0 Å². The highest BCUT2D eigenvalue weighted by molar-refractivity contribution is 5.96. The molecule has 0 aliphatic carbocycles. The van der Waals surface area contributed by atoms with E-state index in [0.717, 1.165) is 19.4 Å². The Morgan fingerprint density at radius 1 is 1.00 bits per heavy atom. The molecule has 1 aromatic carbocycles. The molecule has 2 bridgehead atoms. The van der Waals surface area contributed by atoms with Gasteiger partial charge in [0.1, 0.15) is 5.69 Å². The van der Waals surface area contributed by atoms with Crippen LogP contribution in [0.3, 0.4) is 0 Å². The highest BCUT2D eigenvalue weighted by Crippen LogP contribution is 2.39. The molecule has 24 heavy (non-hydrogen) atoms. The third-order valence-electron chi connectivity index (χ3n) is 5.62. The zero-order valence-corrected chi connectivity index (χ0v) is 14.0. The molecule has 2 atom stereocenters. The average Bonchev–Trinajstić information content (AvgIpc) is 2.62. The summed E-state index contributed by atoms with van der Waals surface area (Å²) in [6, 6.07) is 17.4. The Morgan fingerprint density at radius 3 is 2.38 bits per heavy atom. The van der Waals surface area contributed by atoms with Crippen molar-refractivity contribution in [1.29, 1.82) is 0 Å². The Bertz CT molecular complexity index is 671. The molecule has 2 aromatic rings. The van der Waals surface area contributed by atoms with Gasteiger partial charge in [-0.2, -0.15) is 0 Å². The molecular weight excluding hydrogens is 296 g/mol. The maximum Gasteiger partial charge on any atom is 0.184 e. The maximum absolute atomic E-state index is 12.8. The highest BCUT2D eigenvalue weighted by Gasteiger charge is 2.40. The number of piperidine rings is 2. The molecule has 0 N–H and O–H groups in total. The van der Waals surface area contributed by atoms with E-state index in [1.165, 1.54) is 24.8 Å². The fourth-order valence-electron chi connectivity index (χ4n) is 4.46. The summed E-state index contributed by atoms with van der Waals surface area (Å²) in [4.78, 5) is 19.7. The van der Waals surface area contributed by atoms with Gasteiger partial charge < -0.3 is 0 Å². The Labute approximate surface area is 143 Å². The smallest absolute Gasteiger partial charge is 0.184 e. The molecule has 2 fully saturated rings. The van der Waals surface area contributed by atoms with Crippen LogP contribution in [0.4, 0.5) is 0 Å². The second-order valence-electron chi connectivity index (χ2n) is 7.14. The third kappa shape index (κ3) is 3.13. The predicted molar refractivity (Wildman–Crippen MR) is 94.7 cm³/mol. The zero-order chi connectivity index (χ0) is 16.4. The zero-order valence-electron chi connectivity index (χ0n) is 14.0. The van der Waals surface area contributed by atoms with Crippen LogP contribution in [0, 0.1) is 5.92 Å². The first-order valence-corrected chi connectivity index (χ1v) is 9.06. The first kappa shape index (κ1) is 15.5. The molecule has 3 heterocycles. The summed E-state index contributed by atoms with van der Waals surface area (Å²) in [6.07, 6.45) is 7.42. The van der Waals surface area contributed by atoms with Crippen molar-refractivity contribution in [2.75, 3.05) is 0 Å².